The van der Waals surface area contributed by atoms with Crippen molar-refractivity contribution in [2.24, 2.45) is 0 Å². The molecule has 1 aromatic carbocycles. The highest BCUT2D eigenvalue weighted by Gasteiger charge is 2.21. The van der Waals surface area contributed by atoms with Crippen LogP contribution in [-0.2, 0) is 9.53 Å². The van der Waals surface area contributed by atoms with Crippen LogP contribution in [0.25, 0.3) is 6.08 Å². The van der Waals surface area contributed by atoms with Gasteiger partial charge in [0.05, 0.1) is 12.2 Å². The second-order valence-electron chi connectivity index (χ2n) is 5.08. The number of thiophene rings is 1. The SMILES string of the molecule is CCOC(=O)c1c(NC(=O)C=Cc2ccc(F)cc2)sc(C)c1C. The lowest BCUT2D eigenvalue weighted by atomic mass is 10.1. The monoisotopic (exact) mass is 347 g/mol. The number of carbonyl (C=O) groups is 2. The summed E-state index contributed by atoms with van der Waals surface area (Å²) in [5.74, 6) is -1.15. The quantitative estimate of drug-likeness (QED) is 0.647. The lowest BCUT2D eigenvalue weighted by Crippen LogP contribution is -2.12. The molecule has 1 N–H and O–H groups in total. The van der Waals surface area contributed by atoms with Crippen molar-refractivity contribution in [1.29, 1.82) is 0 Å². The van der Waals surface area contributed by atoms with Crippen LogP contribution in [0.15, 0.2) is 30.3 Å². The summed E-state index contributed by atoms with van der Waals surface area (Å²) < 4.78 is 17.9. The van der Waals surface area contributed by atoms with Crippen LogP contribution in [0.2, 0.25) is 0 Å². The number of carbonyl (C=O) groups excluding carboxylic acids is 2. The zero-order chi connectivity index (χ0) is 17.7. The number of aryl methyl sites for hydroxylation is 1. The predicted octanol–water partition coefficient (Wildman–Crippen LogP) is 4.33. The topological polar surface area (TPSA) is 55.4 Å². The van der Waals surface area contributed by atoms with E-state index in [2.05, 4.69) is 5.32 Å². The number of benzene rings is 1. The summed E-state index contributed by atoms with van der Waals surface area (Å²) in [6.45, 7) is 5.70. The number of anilines is 1. The van der Waals surface area contributed by atoms with E-state index in [0.717, 1.165) is 10.4 Å². The van der Waals surface area contributed by atoms with Crippen molar-refractivity contribution in [1.82, 2.24) is 0 Å². The lowest BCUT2D eigenvalue weighted by molar-refractivity contribution is -0.111. The summed E-state index contributed by atoms with van der Waals surface area (Å²) >= 11 is 1.33. The highest BCUT2D eigenvalue weighted by Crippen LogP contribution is 2.33. The first-order chi connectivity index (χ1) is 11.4. The highest BCUT2D eigenvalue weighted by atomic mass is 32.1. The molecule has 0 atom stereocenters. The summed E-state index contributed by atoms with van der Waals surface area (Å²) in [5.41, 5.74) is 1.90. The van der Waals surface area contributed by atoms with E-state index in [1.54, 1.807) is 25.1 Å². The molecule has 0 saturated heterocycles. The molecule has 0 spiro atoms. The normalized spacial score (nSPS) is 10.8. The molecule has 2 rings (SSSR count). The van der Waals surface area contributed by atoms with E-state index in [1.165, 1.54) is 29.5 Å². The molecule has 0 radical (unpaired) electrons. The third-order valence-corrected chi connectivity index (χ3v) is 4.52. The van der Waals surface area contributed by atoms with Gasteiger partial charge in [-0.15, -0.1) is 11.3 Å². The first kappa shape index (κ1) is 17.9. The molecule has 2 aromatic rings. The minimum Gasteiger partial charge on any atom is -0.462 e. The summed E-state index contributed by atoms with van der Waals surface area (Å²) in [7, 11) is 0. The average molecular weight is 347 g/mol. The van der Waals surface area contributed by atoms with Crippen molar-refractivity contribution < 1.29 is 18.7 Å². The number of rotatable bonds is 5. The fourth-order valence-electron chi connectivity index (χ4n) is 2.06. The molecule has 24 heavy (non-hydrogen) atoms. The van der Waals surface area contributed by atoms with E-state index in [1.807, 2.05) is 13.8 Å². The van der Waals surface area contributed by atoms with Crippen LogP contribution in [0.1, 0.15) is 33.3 Å². The fourth-order valence-corrected chi connectivity index (χ4v) is 3.11. The lowest BCUT2D eigenvalue weighted by Gasteiger charge is -2.05. The van der Waals surface area contributed by atoms with Gasteiger partial charge < -0.3 is 10.1 Å². The van der Waals surface area contributed by atoms with E-state index in [9.17, 15) is 14.0 Å². The number of hydrogen-bond donors (Lipinski definition) is 1. The maximum absolute atomic E-state index is 12.9. The molecule has 0 unspecified atom stereocenters. The first-order valence-corrected chi connectivity index (χ1v) is 8.25. The van der Waals surface area contributed by atoms with Crippen LogP contribution >= 0.6 is 11.3 Å². The largest absolute Gasteiger partial charge is 0.462 e. The maximum Gasteiger partial charge on any atom is 0.341 e. The number of nitrogens with one attached hydrogen (secondary N) is 1. The Kier molecular flexibility index (Phi) is 5.87. The van der Waals surface area contributed by atoms with Crippen molar-refractivity contribution >= 4 is 34.3 Å². The Balaban J connectivity index is 2.15. The van der Waals surface area contributed by atoms with Gasteiger partial charge in [0.1, 0.15) is 10.8 Å². The molecule has 0 aliphatic carbocycles. The van der Waals surface area contributed by atoms with Gasteiger partial charge in [-0.25, -0.2) is 9.18 Å². The fraction of sp³-hybridized carbons (Fsp3) is 0.222. The van der Waals surface area contributed by atoms with Crippen LogP contribution in [-0.4, -0.2) is 18.5 Å². The van der Waals surface area contributed by atoms with Gasteiger partial charge >= 0.3 is 5.97 Å². The summed E-state index contributed by atoms with van der Waals surface area (Å²) in [4.78, 5) is 25.1. The molecule has 0 aliphatic rings. The number of ether oxygens (including phenoxy) is 1. The molecule has 0 aliphatic heterocycles. The van der Waals surface area contributed by atoms with E-state index in [0.29, 0.717) is 16.1 Å². The average Bonchev–Trinajstić information content (AvgIpc) is 2.81. The Morgan fingerprint density at radius 1 is 1.25 bits per heavy atom. The Morgan fingerprint density at radius 3 is 2.54 bits per heavy atom. The van der Waals surface area contributed by atoms with E-state index < -0.39 is 5.97 Å². The van der Waals surface area contributed by atoms with E-state index >= 15 is 0 Å². The minimum atomic E-state index is -0.447. The molecule has 0 saturated carbocycles. The van der Waals surface area contributed by atoms with Crippen LogP contribution in [0, 0.1) is 19.7 Å². The zero-order valence-electron chi connectivity index (χ0n) is 13.7. The molecule has 6 heteroatoms. The molecule has 126 valence electrons. The van der Waals surface area contributed by atoms with E-state index in [4.69, 9.17) is 4.74 Å². The number of halogens is 1. The number of hydrogen-bond acceptors (Lipinski definition) is 4. The predicted molar refractivity (Wildman–Crippen MR) is 93.8 cm³/mol. The Hall–Kier alpha value is -2.47. The van der Waals surface area contributed by atoms with E-state index in [-0.39, 0.29) is 18.3 Å². The van der Waals surface area contributed by atoms with Crippen molar-refractivity contribution in [3.05, 3.63) is 57.7 Å². The Morgan fingerprint density at radius 2 is 1.92 bits per heavy atom. The van der Waals surface area contributed by atoms with Gasteiger partial charge in [-0.1, -0.05) is 12.1 Å². The zero-order valence-corrected chi connectivity index (χ0v) is 14.5. The third-order valence-electron chi connectivity index (χ3n) is 3.40. The summed E-state index contributed by atoms with van der Waals surface area (Å²) in [6, 6.07) is 5.79. The van der Waals surface area contributed by atoms with Crippen LogP contribution in [0.4, 0.5) is 9.39 Å². The molecule has 0 bridgehead atoms. The molecule has 1 heterocycles. The van der Waals surface area contributed by atoms with Crippen molar-refractivity contribution in [2.75, 3.05) is 11.9 Å². The first-order valence-electron chi connectivity index (χ1n) is 7.44. The van der Waals surface area contributed by atoms with Gasteiger partial charge in [0, 0.05) is 11.0 Å². The van der Waals surface area contributed by atoms with Gasteiger partial charge in [-0.3, -0.25) is 4.79 Å². The second-order valence-corrected chi connectivity index (χ2v) is 6.31. The Labute approximate surface area is 144 Å². The standard InChI is InChI=1S/C18H18FNO3S/c1-4-23-18(22)16-11(2)12(3)24-17(16)20-15(21)10-7-13-5-8-14(19)9-6-13/h5-10H,4H2,1-3H3,(H,20,21). The maximum atomic E-state index is 12.9. The molecular formula is C18H18FNO3S. The second kappa shape index (κ2) is 7.88. The number of amides is 1. The van der Waals surface area contributed by atoms with Crippen molar-refractivity contribution in [3.63, 3.8) is 0 Å². The molecule has 4 nitrogen and oxygen atoms in total. The molecule has 1 aromatic heterocycles. The smallest absolute Gasteiger partial charge is 0.341 e. The minimum absolute atomic E-state index is 0.269. The van der Waals surface area contributed by atoms with Gasteiger partial charge in [-0.2, -0.15) is 0 Å². The molecule has 0 fully saturated rings. The Bertz CT molecular complexity index is 778. The molecular weight excluding hydrogens is 329 g/mol. The van der Waals surface area contributed by atoms with Gasteiger partial charge in [0.25, 0.3) is 0 Å². The summed E-state index contributed by atoms with van der Waals surface area (Å²) in [6.07, 6.45) is 2.92. The van der Waals surface area contributed by atoms with Gasteiger partial charge in [0.2, 0.25) is 5.91 Å². The molecule has 1 amide bonds. The third kappa shape index (κ3) is 4.29. The van der Waals surface area contributed by atoms with Crippen molar-refractivity contribution in [2.45, 2.75) is 20.8 Å². The van der Waals surface area contributed by atoms with Gasteiger partial charge in [-0.05, 0) is 50.1 Å². The highest BCUT2D eigenvalue weighted by molar-refractivity contribution is 7.16. The summed E-state index contributed by atoms with van der Waals surface area (Å²) in [5, 5.41) is 3.18. The van der Waals surface area contributed by atoms with Gasteiger partial charge in [0.15, 0.2) is 0 Å². The van der Waals surface area contributed by atoms with Crippen LogP contribution in [0.3, 0.4) is 0 Å². The van der Waals surface area contributed by atoms with Crippen LogP contribution in [0.5, 0.6) is 0 Å². The van der Waals surface area contributed by atoms with Crippen molar-refractivity contribution in [3.8, 4) is 0 Å². The van der Waals surface area contributed by atoms with Crippen LogP contribution < -0.4 is 5.32 Å². The number of esters is 1.